The molecular formula is C28H30O5. The monoisotopic (exact) mass is 446 g/mol. The van der Waals surface area contributed by atoms with Crippen LogP contribution in [0.3, 0.4) is 0 Å². The Kier molecular flexibility index (Phi) is 9.21. The summed E-state index contributed by atoms with van der Waals surface area (Å²) in [5.74, 6) is 1.58. The molecule has 0 unspecified atom stereocenters. The van der Waals surface area contributed by atoms with E-state index in [2.05, 4.69) is 0 Å². The average molecular weight is 447 g/mol. The smallest absolute Gasteiger partial charge is 0.193 e. The molecule has 0 N–H and O–H groups in total. The summed E-state index contributed by atoms with van der Waals surface area (Å²) in [4.78, 5) is 23.9. The van der Waals surface area contributed by atoms with Gasteiger partial charge in [0.15, 0.2) is 11.6 Å². The number of Topliss-reactive ketones (excluding diaryl/α,β-unsaturated/α-hetero) is 1. The third kappa shape index (κ3) is 7.58. The molecule has 5 nitrogen and oxygen atoms in total. The van der Waals surface area contributed by atoms with Gasteiger partial charge < -0.3 is 14.2 Å². The molecule has 3 rings (SSSR count). The van der Waals surface area contributed by atoms with Crippen LogP contribution in [-0.2, 0) is 16.0 Å². The van der Waals surface area contributed by atoms with Crippen LogP contribution in [0.1, 0.15) is 41.3 Å². The van der Waals surface area contributed by atoms with E-state index in [0.717, 1.165) is 29.9 Å². The van der Waals surface area contributed by atoms with Crippen molar-refractivity contribution >= 4 is 11.6 Å². The van der Waals surface area contributed by atoms with Crippen molar-refractivity contribution in [3.8, 4) is 11.5 Å². The van der Waals surface area contributed by atoms with Crippen LogP contribution < -0.4 is 9.47 Å². The number of hydrogen-bond donors (Lipinski definition) is 0. The molecule has 0 heterocycles. The van der Waals surface area contributed by atoms with Crippen molar-refractivity contribution in [3.05, 3.63) is 95.6 Å². The summed E-state index contributed by atoms with van der Waals surface area (Å²) in [6, 6.07) is 24.2. The lowest BCUT2D eigenvalue weighted by Crippen LogP contribution is -2.22. The minimum atomic E-state index is -0.405. The van der Waals surface area contributed by atoms with E-state index in [1.165, 1.54) is 6.92 Å². The lowest BCUT2D eigenvalue weighted by Gasteiger charge is -2.12. The Labute approximate surface area is 195 Å². The molecule has 0 radical (unpaired) electrons. The van der Waals surface area contributed by atoms with Crippen LogP contribution in [0.4, 0.5) is 0 Å². The summed E-state index contributed by atoms with van der Waals surface area (Å²) >= 11 is 0. The first-order chi connectivity index (χ1) is 16.1. The van der Waals surface area contributed by atoms with Crippen LogP contribution in [-0.4, -0.2) is 38.0 Å². The fourth-order valence-corrected chi connectivity index (χ4v) is 3.37. The zero-order valence-electron chi connectivity index (χ0n) is 19.2. The Morgan fingerprint density at radius 1 is 0.727 bits per heavy atom. The fourth-order valence-electron chi connectivity index (χ4n) is 3.37. The van der Waals surface area contributed by atoms with Crippen LogP contribution in [0.5, 0.6) is 11.5 Å². The molecule has 0 saturated heterocycles. The second-order valence-corrected chi connectivity index (χ2v) is 7.81. The summed E-state index contributed by atoms with van der Waals surface area (Å²) in [6.45, 7) is 2.72. The van der Waals surface area contributed by atoms with E-state index < -0.39 is 6.10 Å². The second kappa shape index (κ2) is 12.6. The maximum Gasteiger partial charge on any atom is 0.193 e. The van der Waals surface area contributed by atoms with Gasteiger partial charge in [-0.1, -0.05) is 42.5 Å². The van der Waals surface area contributed by atoms with Crippen LogP contribution in [0, 0.1) is 0 Å². The largest absolute Gasteiger partial charge is 0.494 e. The number of carbonyl (C=O) groups is 2. The molecule has 0 saturated carbocycles. The van der Waals surface area contributed by atoms with Gasteiger partial charge in [-0.15, -0.1) is 0 Å². The van der Waals surface area contributed by atoms with E-state index in [9.17, 15) is 9.59 Å². The summed E-state index contributed by atoms with van der Waals surface area (Å²) in [5, 5.41) is 0. The molecule has 0 aliphatic carbocycles. The number of ether oxygens (including phenoxy) is 3. The van der Waals surface area contributed by atoms with Gasteiger partial charge in [0, 0.05) is 24.7 Å². The van der Waals surface area contributed by atoms with Gasteiger partial charge in [0.1, 0.15) is 17.6 Å². The molecule has 1 atom stereocenters. The summed E-state index contributed by atoms with van der Waals surface area (Å²) in [7, 11) is 1.55. The van der Waals surface area contributed by atoms with E-state index in [1.54, 1.807) is 19.2 Å². The molecule has 0 bridgehead atoms. The normalized spacial score (nSPS) is 11.6. The molecule has 3 aromatic carbocycles. The number of ketones is 2. The quantitative estimate of drug-likeness (QED) is 0.263. The van der Waals surface area contributed by atoms with Gasteiger partial charge in [0.05, 0.1) is 13.2 Å². The molecule has 0 spiro atoms. The second-order valence-electron chi connectivity index (χ2n) is 7.81. The van der Waals surface area contributed by atoms with Gasteiger partial charge >= 0.3 is 0 Å². The zero-order chi connectivity index (χ0) is 23.5. The van der Waals surface area contributed by atoms with Crippen molar-refractivity contribution in [2.24, 2.45) is 0 Å². The van der Waals surface area contributed by atoms with E-state index in [0.29, 0.717) is 30.8 Å². The van der Waals surface area contributed by atoms with E-state index in [-0.39, 0.29) is 11.6 Å². The Bertz CT molecular complexity index is 1010. The average Bonchev–Trinajstić information content (AvgIpc) is 2.85. The first kappa shape index (κ1) is 24.2. The number of unbranched alkanes of at least 4 members (excludes halogenated alkanes) is 1. The molecule has 3 aromatic rings. The van der Waals surface area contributed by atoms with Gasteiger partial charge in [-0.3, -0.25) is 9.59 Å². The molecule has 0 amide bonds. The molecule has 33 heavy (non-hydrogen) atoms. The molecule has 0 aliphatic rings. The van der Waals surface area contributed by atoms with Gasteiger partial charge in [0.2, 0.25) is 0 Å². The standard InChI is InChI=1S/C28H30O5/c1-21(29)27(31-2)20-22-10-14-25(15-11-22)32-18-6-7-19-33-26-16-12-24(13-17-26)28(30)23-8-4-3-5-9-23/h3-5,8-17,27H,6-7,18-20H2,1-2H3/t27-/m0/s1. The SMILES string of the molecule is CO[C@@H](Cc1ccc(OCCCCOc2ccc(C(=O)c3ccccc3)cc2)cc1)C(C)=O. The highest BCUT2D eigenvalue weighted by Gasteiger charge is 2.13. The van der Waals surface area contributed by atoms with E-state index >= 15 is 0 Å². The molecule has 0 aromatic heterocycles. The molecule has 0 aliphatic heterocycles. The number of methoxy groups -OCH3 is 1. The summed E-state index contributed by atoms with van der Waals surface area (Å²) in [5.41, 5.74) is 2.36. The molecular weight excluding hydrogens is 416 g/mol. The van der Waals surface area contributed by atoms with Gasteiger partial charge in [-0.05, 0) is 61.7 Å². The molecule has 172 valence electrons. The predicted molar refractivity (Wildman–Crippen MR) is 128 cm³/mol. The highest BCUT2D eigenvalue weighted by Crippen LogP contribution is 2.17. The first-order valence-electron chi connectivity index (χ1n) is 11.1. The lowest BCUT2D eigenvalue weighted by molar-refractivity contribution is -0.126. The van der Waals surface area contributed by atoms with Crippen LogP contribution >= 0.6 is 0 Å². The number of carbonyl (C=O) groups excluding carboxylic acids is 2. The van der Waals surface area contributed by atoms with Gasteiger partial charge in [-0.2, -0.15) is 0 Å². The minimum Gasteiger partial charge on any atom is -0.494 e. The summed E-state index contributed by atoms with van der Waals surface area (Å²) < 4.78 is 16.8. The Morgan fingerprint density at radius 3 is 1.76 bits per heavy atom. The third-order valence-electron chi connectivity index (χ3n) is 5.31. The molecule has 0 fully saturated rings. The van der Waals surface area contributed by atoms with Gasteiger partial charge in [0.25, 0.3) is 0 Å². The molecule has 5 heteroatoms. The Morgan fingerprint density at radius 2 is 1.24 bits per heavy atom. The van der Waals surface area contributed by atoms with Crippen molar-refractivity contribution in [3.63, 3.8) is 0 Å². The maximum atomic E-state index is 12.4. The van der Waals surface area contributed by atoms with Crippen LogP contribution in [0.2, 0.25) is 0 Å². The summed E-state index contributed by atoms with van der Waals surface area (Å²) in [6.07, 6.45) is 1.88. The number of rotatable bonds is 13. The fraction of sp³-hybridized carbons (Fsp3) is 0.286. The van der Waals surface area contributed by atoms with Gasteiger partial charge in [-0.25, -0.2) is 0 Å². The lowest BCUT2D eigenvalue weighted by atomic mass is 10.0. The first-order valence-corrected chi connectivity index (χ1v) is 11.1. The van der Waals surface area contributed by atoms with Crippen molar-refractivity contribution in [1.82, 2.24) is 0 Å². The number of hydrogen-bond acceptors (Lipinski definition) is 5. The van der Waals surface area contributed by atoms with Crippen molar-refractivity contribution in [2.75, 3.05) is 20.3 Å². The Hall–Kier alpha value is -3.44. The highest BCUT2D eigenvalue weighted by molar-refractivity contribution is 6.08. The van der Waals surface area contributed by atoms with Crippen LogP contribution in [0.25, 0.3) is 0 Å². The minimum absolute atomic E-state index is 0.00435. The van der Waals surface area contributed by atoms with Crippen LogP contribution in [0.15, 0.2) is 78.9 Å². The maximum absolute atomic E-state index is 12.4. The van der Waals surface area contributed by atoms with E-state index in [4.69, 9.17) is 14.2 Å². The Balaban J connectivity index is 1.34. The van der Waals surface area contributed by atoms with Crippen molar-refractivity contribution in [2.45, 2.75) is 32.3 Å². The predicted octanol–water partition coefficient (Wildman–Crippen LogP) is 5.30. The highest BCUT2D eigenvalue weighted by atomic mass is 16.5. The number of benzene rings is 3. The third-order valence-corrected chi connectivity index (χ3v) is 5.31. The van der Waals surface area contributed by atoms with Crippen molar-refractivity contribution < 1.29 is 23.8 Å². The van der Waals surface area contributed by atoms with E-state index in [1.807, 2.05) is 66.7 Å². The van der Waals surface area contributed by atoms with Crippen molar-refractivity contribution in [1.29, 1.82) is 0 Å². The topological polar surface area (TPSA) is 61.8 Å². The zero-order valence-corrected chi connectivity index (χ0v) is 19.2.